The molecule has 8 rings (SSSR count). The Morgan fingerprint density at radius 3 is 2.21 bits per heavy atom. The molecule has 1 heterocycles. The average Bonchev–Trinajstić information content (AvgIpc) is 3.41. The van der Waals surface area contributed by atoms with Crippen molar-refractivity contribution in [3.8, 4) is 22.6 Å². The summed E-state index contributed by atoms with van der Waals surface area (Å²) in [6.07, 6.45) is 1.63. The summed E-state index contributed by atoms with van der Waals surface area (Å²) in [4.78, 5) is 13.3. The molecule has 0 radical (unpaired) electrons. The zero-order chi connectivity index (χ0) is 37.0. The summed E-state index contributed by atoms with van der Waals surface area (Å²) >= 11 is 0. The topological polar surface area (TPSA) is 47.6 Å². The van der Waals surface area contributed by atoms with Gasteiger partial charge in [-0.15, -0.1) is 0 Å². The van der Waals surface area contributed by atoms with Gasteiger partial charge in [0.05, 0.1) is 12.2 Å². The molecule has 7 heteroatoms. The number of alkyl halides is 3. The van der Waals surface area contributed by atoms with E-state index in [-0.39, 0.29) is 5.91 Å². The van der Waals surface area contributed by atoms with Crippen LogP contribution >= 0.6 is 0 Å². The van der Waals surface area contributed by atoms with E-state index in [1.165, 1.54) is 6.07 Å². The molecule has 0 aromatic heterocycles. The van der Waals surface area contributed by atoms with Crippen LogP contribution in [-0.2, 0) is 17.2 Å². The smallest absolute Gasteiger partial charge is 0.416 e. The van der Waals surface area contributed by atoms with Crippen molar-refractivity contribution >= 4 is 28.4 Å². The number of halogens is 3. The summed E-state index contributed by atoms with van der Waals surface area (Å²) in [5.74, 6) is 1.13. The summed E-state index contributed by atoms with van der Waals surface area (Å²) < 4.78 is 55.6. The highest BCUT2D eigenvalue weighted by Crippen LogP contribution is 2.59. The Balaban J connectivity index is 1.34. The zero-order valence-corrected chi connectivity index (χ0v) is 29.7. The van der Waals surface area contributed by atoms with E-state index >= 15 is 0 Å². The lowest BCUT2D eigenvalue weighted by molar-refractivity contribution is -0.137. The Kier molecular flexibility index (Phi) is 8.40. The molecule has 1 N–H and O–H groups in total. The maximum atomic E-state index is 14.1. The molecule has 0 fully saturated rings. The molecule has 266 valence electrons. The van der Waals surface area contributed by atoms with Crippen LogP contribution in [0.15, 0.2) is 127 Å². The highest BCUT2D eigenvalue weighted by molar-refractivity contribution is 6.11. The maximum Gasteiger partial charge on any atom is 0.416 e. The lowest BCUT2D eigenvalue weighted by Crippen LogP contribution is -2.35. The first kappa shape index (κ1) is 34.3. The maximum absolute atomic E-state index is 14.1. The molecular weight excluding hydrogens is 672 g/mol. The molecule has 6 aromatic rings. The second-order valence-corrected chi connectivity index (χ2v) is 14.2. The van der Waals surface area contributed by atoms with Gasteiger partial charge >= 0.3 is 6.18 Å². The molecule has 0 saturated heterocycles. The highest BCUT2D eigenvalue weighted by Gasteiger charge is 2.45. The number of fused-ring (bicyclic) bond motifs is 8. The van der Waals surface area contributed by atoms with Gasteiger partial charge in [-0.05, 0) is 94.7 Å². The Morgan fingerprint density at radius 1 is 0.811 bits per heavy atom. The van der Waals surface area contributed by atoms with Crippen molar-refractivity contribution in [3.63, 3.8) is 0 Å². The predicted octanol–water partition coefficient (Wildman–Crippen LogP) is 11.9. The number of carbonyl (C=O) groups is 1. The van der Waals surface area contributed by atoms with Crippen molar-refractivity contribution < 1.29 is 27.4 Å². The van der Waals surface area contributed by atoms with Crippen LogP contribution in [0.5, 0.6) is 11.5 Å². The van der Waals surface area contributed by atoms with Gasteiger partial charge in [0.1, 0.15) is 11.5 Å². The molecule has 1 aliphatic heterocycles. The summed E-state index contributed by atoms with van der Waals surface area (Å²) in [6, 6.07) is 36.6. The molecule has 0 saturated carbocycles. The minimum absolute atomic E-state index is 0.264. The molecular formula is C46H38F3NO3. The molecule has 2 aliphatic rings. The number of benzene rings is 6. The van der Waals surface area contributed by atoms with E-state index in [2.05, 4.69) is 24.4 Å². The number of carbonyl (C=O) groups excluding carboxylic acids is 1. The number of anilines is 1. The number of amides is 1. The molecule has 1 aliphatic carbocycles. The average molecular weight is 710 g/mol. The Labute approximate surface area is 306 Å². The molecule has 1 unspecified atom stereocenters. The van der Waals surface area contributed by atoms with Gasteiger partial charge < -0.3 is 14.8 Å². The van der Waals surface area contributed by atoms with Gasteiger partial charge in [0.15, 0.2) is 5.60 Å². The van der Waals surface area contributed by atoms with Crippen molar-refractivity contribution in [2.75, 3.05) is 11.9 Å². The van der Waals surface area contributed by atoms with E-state index in [1.807, 2.05) is 92.7 Å². The number of hydrogen-bond acceptors (Lipinski definition) is 3. The highest BCUT2D eigenvalue weighted by atomic mass is 19.4. The zero-order valence-electron chi connectivity index (χ0n) is 29.7. The Hall–Kier alpha value is -5.82. The standard InChI is InChI=1S/C46H38F3NO3/c1-4-5-26-52-34-20-16-31(17-21-34)45(30-14-10-7-11-15-30)25-24-37-41-40(36-22-18-32(46(47,48)49)27-39(36)44(41,2)3)38-28-33(19-23-35(38)42(37)53-45)50-43(51)29-12-8-6-9-13-29/h6-25,27-28H,4-5,26H2,1-3H3,(H,50,51). The van der Waals surface area contributed by atoms with Crippen molar-refractivity contribution in [2.24, 2.45) is 0 Å². The molecule has 0 spiro atoms. The fraction of sp³-hybridized carbons (Fsp3) is 0.196. The minimum Gasteiger partial charge on any atom is -0.494 e. The minimum atomic E-state index is -4.49. The summed E-state index contributed by atoms with van der Waals surface area (Å²) in [5.41, 5.74) is 4.18. The van der Waals surface area contributed by atoms with E-state index in [4.69, 9.17) is 9.47 Å². The van der Waals surface area contributed by atoms with Gasteiger partial charge in [0.25, 0.3) is 5.91 Å². The predicted molar refractivity (Wildman–Crippen MR) is 205 cm³/mol. The van der Waals surface area contributed by atoms with Gasteiger partial charge in [-0.3, -0.25) is 4.79 Å². The van der Waals surface area contributed by atoms with Crippen molar-refractivity contribution in [3.05, 3.63) is 166 Å². The first-order chi connectivity index (χ1) is 25.5. The Morgan fingerprint density at radius 2 is 1.51 bits per heavy atom. The van der Waals surface area contributed by atoms with Gasteiger partial charge in [0.2, 0.25) is 0 Å². The number of hydrogen-bond donors (Lipinski definition) is 1. The van der Waals surface area contributed by atoms with Gasteiger partial charge in [-0.2, -0.15) is 13.2 Å². The Bertz CT molecular complexity index is 2380. The normalized spacial score (nSPS) is 16.7. The number of rotatable bonds is 8. The van der Waals surface area contributed by atoms with Crippen molar-refractivity contribution in [2.45, 2.75) is 50.8 Å². The molecule has 6 aromatic carbocycles. The van der Waals surface area contributed by atoms with Crippen LogP contribution in [0.3, 0.4) is 0 Å². The van der Waals surface area contributed by atoms with Crippen LogP contribution in [0.25, 0.3) is 28.0 Å². The lowest BCUT2D eigenvalue weighted by atomic mass is 9.76. The third-order valence-electron chi connectivity index (χ3n) is 10.5. The van der Waals surface area contributed by atoms with Crippen LogP contribution < -0.4 is 14.8 Å². The first-order valence-corrected chi connectivity index (χ1v) is 17.9. The van der Waals surface area contributed by atoms with Crippen LogP contribution in [0.2, 0.25) is 0 Å². The molecule has 1 atom stereocenters. The van der Waals surface area contributed by atoms with E-state index in [0.29, 0.717) is 29.2 Å². The third-order valence-corrected chi connectivity index (χ3v) is 10.5. The largest absolute Gasteiger partial charge is 0.494 e. The second kappa shape index (κ2) is 13.0. The molecule has 53 heavy (non-hydrogen) atoms. The van der Waals surface area contributed by atoms with Gasteiger partial charge in [0, 0.05) is 38.7 Å². The summed E-state index contributed by atoms with van der Waals surface area (Å²) in [6.45, 7) is 6.70. The monoisotopic (exact) mass is 709 g/mol. The van der Waals surface area contributed by atoms with Gasteiger partial charge in [-0.1, -0.05) is 100.0 Å². The van der Waals surface area contributed by atoms with Crippen LogP contribution in [0.1, 0.15) is 77.4 Å². The van der Waals surface area contributed by atoms with Crippen LogP contribution in [0.4, 0.5) is 18.9 Å². The van der Waals surface area contributed by atoms with Crippen LogP contribution in [-0.4, -0.2) is 12.5 Å². The van der Waals surface area contributed by atoms with E-state index in [1.54, 1.807) is 30.3 Å². The molecule has 0 bridgehead atoms. The van der Waals surface area contributed by atoms with E-state index < -0.39 is 22.8 Å². The number of ether oxygens (including phenoxy) is 2. The number of unbranched alkanes of at least 4 members (excludes halogenated alkanes) is 1. The van der Waals surface area contributed by atoms with Crippen molar-refractivity contribution in [1.82, 2.24) is 0 Å². The van der Waals surface area contributed by atoms with Gasteiger partial charge in [-0.25, -0.2) is 0 Å². The van der Waals surface area contributed by atoms with E-state index in [0.717, 1.165) is 68.8 Å². The summed E-state index contributed by atoms with van der Waals surface area (Å²) in [5, 5.41) is 4.59. The molecule has 4 nitrogen and oxygen atoms in total. The fourth-order valence-corrected chi connectivity index (χ4v) is 7.83. The SMILES string of the molecule is CCCCOc1ccc(C2(c3ccccc3)C=Cc3c4c(c5cc(NC(=O)c6ccccc6)ccc5c3O2)-c2ccc(C(F)(F)F)cc2C4(C)C)cc1. The summed E-state index contributed by atoms with van der Waals surface area (Å²) in [7, 11) is 0. The van der Waals surface area contributed by atoms with Crippen LogP contribution in [0, 0.1) is 0 Å². The van der Waals surface area contributed by atoms with E-state index in [9.17, 15) is 18.0 Å². The second-order valence-electron chi connectivity index (χ2n) is 14.2. The first-order valence-electron chi connectivity index (χ1n) is 17.9. The third kappa shape index (κ3) is 5.85. The lowest BCUT2D eigenvalue weighted by Gasteiger charge is -2.38. The van der Waals surface area contributed by atoms with Crippen molar-refractivity contribution in [1.29, 1.82) is 0 Å². The quantitative estimate of drug-likeness (QED) is 0.160. The fourth-order valence-electron chi connectivity index (χ4n) is 7.83. The number of nitrogens with one attached hydrogen (secondary N) is 1. The molecule has 1 amide bonds.